The largest absolute Gasteiger partial charge is 0.497 e. The number of aromatic nitrogens is 1. The predicted octanol–water partition coefficient (Wildman–Crippen LogP) is 2.82. The minimum Gasteiger partial charge on any atom is -0.497 e. The van der Waals surface area contributed by atoms with Crippen LogP contribution in [0.5, 0.6) is 5.75 Å². The molecule has 18 heavy (non-hydrogen) atoms. The summed E-state index contributed by atoms with van der Waals surface area (Å²) in [7, 11) is 0.509. The molecule has 0 radical (unpaired) electrons. The Morgan fingerprint density at radius 1 is 1.22 bits per heavy atom. The van der Waals surface area contributed by atoms with E-state index in [4.69, 9.17) is 4.74 Å². The van der Waals surface area contributed by atoms with Gasteiger partial charge in [0.1, 0.15) is 5.75 Å². The van der Waals surface area contributed by atoms with E-state index in [2.05, 4.69) is 4.98 Å². The van der Waals surface area contributed by atoms with E-state index in [-0.39, 0.29) is 12.4 Å². The quantitative estimate of drug-likeness (QED) is 0.866. The number of hydrogen-bond acceptors (Lipinski definition) is 3. The summed E-state index contributed by atoms with van der Waals surface area (Å²) in [6, 6.07) is 12.9. The van der Waals surface area contributed by atoms with E-state index < -0.39 is 10.8 Å². The molecule has 0 saturated carbocycles. The smallest absolute Gasteiger partial charge is 0.120 e. The number of hydrogen-bond donors (Lipinski definition) is 0. The fraction of sp³-hybridized carbons (Fsp3) is 0.154. The highest BCUT2D eigenvalue weighted by atomic mass is 35.5. The number of benzene rings is 1. The topological polar surface area (TPSA) is 39.2 Å². The van der Waals surface area contributed by atoms with Crippen LogP contribution in [0.4, 0.5) is 0 Å². The summed E-state index contributed by atoms with van der Waals surface area (Å²) in [5.41, 5.74) is 0.827. The van der Waals surface area contributed by atoms with Gasteiger partial charge in [-0.2, -0.15) is 0 Å². The average molecular weight is 284 g/mol. The van der Waals surface area contributed by atoms with Crippen LogP contribution in [-0.4, -0.2) is 16.3 Å². The maximum Gasteiger partial charge on any atom is 0.120 e. The van der Waals surface area contributed by atoms with Gasteiger partial charge < -0.3 is 4.74 Å². The molecule has 0 fully saturated rings. The number of halogens is 1. The molecule has 1 atom stereocenters. The first-order chi connectivity index (χ1) is 8.29. The number of methoxy groups -OCH3 is 1. The van der Waals surface area contributed by atoms with E-state index in [0.29, 0.717) is 5.75 Å². The van der Waals surface area contributed by atoms with Crippen molar-refractivity contribution in [1.29, 1.82) is 0 Å². The van der Waals surface area contributed by atoms with Crippen LogP contribution >= 0.6 is 12.4 Å². The van der Waals surface area contributed by atoms with Crippen LogP contribution < -0.4 is 4.74 Å². The zero-order valence-corrected chi connectivity index (χ0v) is 11.5. The van der Waals surface area contributed by atoms with Gasteiger partial charge in [-0.1, -0.05) is 12.1 Å². The highest BCUT2D eigenvalue weighted by Crippen LogP contribution is 2.17. The van der Waals surface area contributed by atoms with Crippen molar-refractivity contribution in [3.05, 3.63) is 54.4 Å². The molecule has 2 rings (SSSR count). The summed E-state index contributed by atoms with van der Waals surface area (Å²) in [6.07, 6.45) is 1.71. The molecule has 3 nitrogen and oxygen atoms in total. The fourth-order valence-corrected chi connectivity index (χ4v) is 2.53. The summed E-state index contributed by atoms with van der Waals surface area (Å²) in [5, 5.41) is 0. The zero-order chi connectivity index (χ0) is 12.1. The highest BCUT2D eigenvalue weighted by Gasteiger charge is 2.06. The lowest BCUT2D eigenvalue weighted by Gasteiger charge is -2.04. The molecule has 1 unspecified atom stereocenters. The van der Waals surface area contributed by atoms with Crippen LogP contribution in [0.2, 0.25) is 0 Å². The third-order valence-corrected chi connectivity index (χ3v) is 3.65. The molecule has 0 amide bonds. The van der Waals surface area contributed by atoms with Crippen molar-refractivity contribution in [2.24, 2.45) is 0 Å². The first-order valence-electron chi connectivity index (χ1n) is 5.22. The lowest BCUT2D eigenvalue weighted by Crippen LogP contribution is -1.98. The summed E-state index contributed by atoms with van der Waals surface area (Å²) >= 11 is 0. The van der Waals surface area contributed by atoms with Gasteiger partial charge >= 0.3 is 0 Å². The van der Waals surface area contributed by atoms with Crippen LogP contribution in [-0.2, 0) is 16.6 Å². The molecule has 1 aromatic heterocycles. The number of pyridine rings is 1. The van der Waals surface area contributed by atoms with Gasteiger partial charge in [0.05, 0.1) is 29.4 Å². The minimum atomic E-state index is -1.09. The molecule has 0 N–H and O–H groups in total. The van der Waals surface area contributed by atoms with Crippen LogP contribution in [0, 0.1) is 0 Å². The second-order valence-corrected chi connectivity index (χ2v) is 4.94. The molecular weight excluding hydrogens is 270 g/mol. The third kappa shape index (κ3) is 3.82. The molecule has 0 aliphatic rings. The van der Waals surface area contributed by atoms with Gasteiger partial charge in [-0.05, 0) is 30.3 Å². The fourth-order valence-electron chi connectivity index (χ4n) is 1.44. The Kier molecular flexibility index (Phi) is 5.82. The normalized spacial score (nSPS) is 11.4. The van der Waals surface area contributed by atoms with E-state index in [1.807, 2.05) is 36.4 Å². The van der Waals surface area contributed by atoms with E-state index in [1.54, 1.807) is 19.4 Å². The SMILES string of the molecule is COc1cccc(S(=O)Cc2ccccn2)c1.Cl. The van der Waals surface area contributed by atoms with Gasteiger partial charge in [0.25, 0.3) is 0 Å². The van der Waals surface area contributed by atoms with Crippen molar-refractivity contribution in [3.8, 4) is 5.75 Å². The van der Waals surface area contributed by atoms with Crippen molar-refractivity contribution in [3.63, 3.8) is 0 Å². The van der Waals surface area contributed by atoms with E-state index in [0.717, 1.165) is 16.3 Å². The second-order valence-electron chi connectivity index (χ2n) is 3.49. The lowest BCUT2D eigenvalue weighted by molar-refractivity contribution is 0.413. The van der Waals surface area contributed by atoms with Gasteiger partial charge in [0.15, 0.2) is 0 Å². The molecule has 1 heterocycles. The molecule has 0 spiro atoms. The predicted molar refractivity (Wildman–Crippen MR) is 74.6 cm³/mol. The molecule has 2 aromatic rings. The number of rotatable bonds is 4. The van der Waals surface area contributed by atoms with Crippen molar-refractivity contribution < 1.29 is 8.95 Å². The molecule has 0 saturated heterocycles. The Hall–Kier alpha value is -1.39. The van der Waals surface area contributed by atoms with E-state index in [1.165, 1.54) is 0 Å². The minimum absolute atomic E-state index is 0. The molecular formula is C13H14ClNO2S. The molecule has 1 aromatic carbocycles. The van der Waals surface area contributed by atoms with Gasteiger partial charge in [-0.15, -0.1) is 12.4 Å². The van der Waals surface area contributed by atoms with E-state index in [9.17, 15) is 4.21 Å². The van der Waals surface area contributed by atoms with Crippen LogP contribution in [0.15, 0.2) is 53.6 Å². The monoisotopic (exact) mass is 283 g/mol. The Balaban J connectivity index is 0.00000162. The van der Waals surface area contributed by atoms with Crippen molar-refractivity contribution in [2.45, 2.75) is 10.6 Å². The number of ether oxygens (including phenoxy) is 1. The van der Waals surface area contributed by atoms with Crippen molar-refractivity contribution >= 4 is 23.2 Å². The zero-order valence-electron chi connectivity index (χ0n) is 9.91. The standard InChI is InChI=1S/C13H13NO2S.ClH/c1-16-12-6-4-7-13(9-12)17(15)10-11-5-2-3-8-14-11;/h2-9H,10H2,1H3;1H. The van der Waals surface area contributed by atoms with Crippen molar-refractivity contribution in [1.82, 2.24) is 4.98 Å². The molecule has 96 valence electrons. The van der Waals surface area contributed by atoms with Gasteiger partial charge in [0, 0.05) is 11.1 Å². The number of nitrogens with zero attached hydrogens (tertiary/aromatic N) is 1. The Morgan fingerprint density at radius 2 is 2.06 bits per heavy atom. The second kappa shape index (κ2) is 7.13. The Morgan fingerprint density at radius 3 is 2.72 bits per heavy atom. The highest BCUT2D eigenvalue weighted by molar-refractivity contribution is 7.84. The van der Waals surface area contributed by atoms with Crippen molar-refractivity contribution in [2.75, 3.05) is 7.11 Å². The maximum absolute atomic E-state index is 12.1. The molecule has 0 aliphatic heterocycles. The van der Waals surface area contributed by atoms with Crippen LogP contribution in [0.25, 0.3) is 0 Å². The van der Waals surface area contributed by atoms with Gasteiger partial charge in [-0.25, -0.2) is 0 Å². The maximum atomic E-state index is 12.1. The first-order valence-corrected chi connectivity index (χ1v) is 6.54. The average Bonchev–Trinajstić information content (AvgIpc) is 2.40. The molecule has 5 heteroatoms. The summed E-state index contributed by atoms with van der Waals surface area (Å²) in [5.74, 6) is 1.14. The van der Waals surface area contributed by atoms with Crippen LogP contribution in [0.1, 0.15) is 5.69 Å². The van der Waals surface area contributed by atoms with E-state index >= 15 is 0 Å². The third-order valence-electron chi connectivity index (χ3n) is 2.31. The van der Waals surface area contributed by atoms with Gasteiger partial charge in [0.2, 0.25) is 0 Å². The molecule has 0 bridgehead atoms. The van der Waals surface area contributed by atoms with Crippen LogP contribution in [0.3, 0.4) is 0 Å². The first kappa shape index (κ1) is 14.7. The Bertz CT molecular complexity index is 519. The Labute approximate surface area is 115 Å². The summed E-state index contributed by atoms with van der Waals surface area (Å²) in [4.78, 5) is 4.92. The lowest BCUT2D eigenvalue weighted by atomic mass is 10.3. The van der Waals surface area contributed by atoms with Gasteiger partial charge in [-0.3, -0.25) is 9.19 Å². The summed E-state index contributed by atoms with van der Waals surface area (Å²) < 4.78 is 17.2. The summed E-state index contributed by atoms with van der Waals surface area (Å²) in [6.45, 7) is 0. The molecule has 0 aliphatic carbocycles.